The fourth-order valence-electron chi connectivity index (χ4n) is 2.96. The first-order valence-electron chi connectivity index (χ1n) is 8.94. The van der Waals surface area contributed by atoms with Crippen molar-refractivity contribution in [1.29, 1.82) is 0 Å². The summed E-state index contributed by atoms with van der Waals surface area (Å²) < 4.78 is 25.4. The van der Waals surface area contributed by atoms with Gasteiger partial charge in [0.15, 0.2) is 17.5 Å². The first kappa shape index (κ1) is 19.7. The second-order valence-electron chi connectivity index (χ2n) is 6.66. The largest absolute Gasteiger partial charge is 0.490 e. The smallest absolute Gasteiger partial charge is 0.193 e. The molecule has 144 valence electrons. The van der Waals surface area contributed by atoms with Gasteiger partial charge in [-0.2, -0.15) is 0 Å². The van der Waals surface area contributed by atoms with Crippen molar-refractivity contribution in [1.82, 2.24) is 0 Å². The molecule has 1 saturated carbocycles. The molecular weight excluding hydrogens is 460 g/mol. The molecule has 0 bridgehead atoms. The molecule has 1 aliphatic heterocycles. The summed E-state index contributed by atoms with van der Waals surface area (Å²) in [4.78, 5) is 4.24. The lowest BCUT2D eigenvalue weighted by Gasteiger charge is -2.11. The maximum Gasteiger partial charge on any atom is 0.193 e. The number of halogens is 2. The zero-order chi connectivity index (χ0) is 17.9. The Morgan fingerprint density at radius 2 is 1.89 bits per heavy atom. The molecule has 1 aliphatic carbocycles. The molecule has 0 atom stereocenters. The van der Waals surface area contributed by atoms with E-state index in [0.717, 1.165) is 36.3 Å². The third kappa shape index (κ3) is 5.03. The molecule has 2 aliphatic rings. The topological polar surface area (TPSA) is 68.9 Å². The van der Waals surface area contributed by atoms with Gasteiger partial charge in [0.25, 0.3) is 0 Å². The number of hydrogen-bond acceptors (Lipinski definition) is 3. The summed E-state index contributed by atoms with van der Waals surface area (Å²) in [6.45, 7) is 1.46. The van der Waals surface area contributed by atoms with E-state index in [9.17, 15) is 4.39 Å². The van der Waals surface area contributed by atoms with E-state index in [1.165, 1.54) is 0 Å². The van der Waals surface area contributed by atoms with Gasteiger partial charge >= 0.3 is 0 Å². The minimum Gasteiger partial charge on any atom is -0.490 e. The highest BCUT2D eigenvalue weighted by molar-refractivity contribution is 14.0. The van der Waals surface area contributed by atoms with Crippen LogP contribution in [0.1, 0.15) is 36.3 Å². The Morgan fingerprint density at radius 1 is 1.11 bits per heavy atom. The fraction of sp³-hybridized carbons (Fsp3) is 0.350. The Morgan fingerprint density at radius 3 is 2.63 bits per heavy atom. The average molecular weight is 483 g/mol. The van der Waals surface area contributed by atoms with Gasteiger partial charge in [-0.15, -0.1) is 24.0 Å². The monoisotopic (exact) mass is 483 g/mol. The molecule has 7 heteroatoms. The summed E-state index contributed by atoms with van der Waals surface area (Å²) in [5.41, 5.74) is 8.31. The van der Waals surface area contributed by atoms with Gasteiger partial charge in [0.2, 0.25) is 0 Å². The predicted molar refractivity (Wildman–Crippen MR) is 115 cm³/mol. The molecule has 2 aromatic carbocycles. The minimum atomic E-state index is -0.221. The molecule has 27 heavy (non-hydrogen) atoms. The van der Waals surface area contributed by atoms with Gasteiger partial charge in [0, 0.05) is 23.7 Å². The quantitative estimate of drug-likeness (QED) is 0.384. The van der Waals surface area contributed by atoms with E-state index in [2.05, 4.69) is 10.3 Å². The van der Waals surface area contributed by atoms with Crippen molar-refractivity contribution < 1.29 is 13.9 Å². The SMILES string of the molecule is I.NC(=NCc1ccc(C2CC2)cc1F)Nc1ccc2c(c1)OCCCO2. The van der Waals surface area contributed by atoms with Crippen LogP contribution >= 0.6 is 24.0 Å². The number of aliphatic imine (C=N–C) groups is 1. The van der Waals surface area contributed by atoms with E-state index in [1.54, 1.807) is 12.1 Å². The van der Waals surface area contributed by atoms with Crippen LogP contribution in [0.4, 0.5) is 10.1 Å². The second kappa shape index (κ2) is 8.77. The van der Waals surface area contributed by atoms with Gasteiger partial charge in [-0.25, -0.2) is 9.38 Å². The van der Waals surface area contributed by atoms with Gasteiger partial charge in [-0.1, -0.05) is 12.1 Å². The normalized spacial score (nSPS) is 16.3. The van der Waals surface area contributed by atoms with E-state index in [0.29, 0.717) is 30.4 Å². The number of guanidine groups is 1. The van der Waals surface area contributed by atoms with Crippen molar-refractivity contribution in [3.8, 4) is 11.5 Å². The zero-order valence-electron chi connectivity index (χ0n) is 14.9. The molecule has 3 N–H and O–H groups in total. The second-order valence-corrected chi connectivity index (χ2v) is 6.66. The van der Waals surface area contributed by atoms with Crippen LogP contribution in [0, 0.1) is 5.82 Å². The summed E-state index contributed by atoms with van der Waals surface area (Å²) in [5, 5.41) is 3.01. The van der Waals surface area contributed by atoms with Crippen molar-refractivity contribution in [2.45, 2.75) is 31.7 Å². The maximum atomic E-state index is 14.2. The highest BCUT2D eigenvalue weighted by Crippen LogP contribution is 2.40. The standard InChI is InChI=1S/C20H22FN3O2.HI/c21-17-10-14(13-2-3-13)4-5-15(17)12-23-20(22)24-16-6-7-18-19(11-16)26-9-1-8-25-18;/h4-7,10-11,13H,1-3,8-9,12H2,(H3,22,23,24);1H. The number of anilines is 1. The van der Waals surface area contributed by atoms with Crippen LogP contribution in [0.15, 0.2) is 41.4 Å². The van der Waals surface area contributed by atoms with E-state index < -0.39 is 0 Å². The van der Waals surface area contributed by atoms with Crippen molar-refractivity contribution in [3.05, 3.63) is 53.3 Å². The van der Waals surface area contributed by atoms with Crippen molar-refractivity contribution in [2.24, 2.45) is 10.7 Å². The number of hydrogen-bond donors (Lipinski definition) is 2. The van der Waals surface area contributed by atoms with Crippen LogP contribution in [0.5, 0.6) is 11.5 Å². The third-order valence-electron chi connectivity index (χ3n) is 4.57. The van der Waals surface area contributed by atoms with Crippen LogP contribution in [0.3, 0.4) is 0 Å². The van der Waals surface area contributed by atoms with Crippen LogP contribution in [0.2, 0.25) is 0 Å². The maximum absolute atomic E-state index is 14.2. The highest BCUT2D eigenvalue weighted by atomic mass is 127. The van der Waals surface area contributed by atoms with Gasteiger partial charge in [0.05, 0.1) is 19.8 Å². The number of fused-ring (bicyclic) bond motifs is 1. The Kier molecular flexibility index (Phi) is 6.41. The van der Waals surface area contributed by atoms with E-state index in [1.807, 2.05) is 24.3 Å². The number of nitrogens with two attached hydrogens (primary N) is 1. The number of ether oxygens (including phenoxy) is 2. The molecule has 4 rings (SSSR count). The zero-order valence-corrected chi connectivity index (χ0v) is 17.2. The summed E-state index contributed by atoms with van der Waals surface area (Å²) in [5.74, 6) is 1.95. The molecule has 1 fully saturated rings. The van der Waals surface area contributed by atoms with Crippen LogP contribution < -0.4 is 20.5 Å². The van der Waals surface area contributed by atoms with Gasteiger partial charge in [0.1, 0.15) is 5.82 Å². The number of nitrogens with zero attached hydrogens (tertiary/aromatic N) is 1. The average Bonchev–Trinajstić information content (AvgIpc) is 3.47. The molecule has 0 aromatic heterocycles. The third-order valence-corrected chi connectivity index (χ3v) is 4.57. The Balaban J connectivity index is 0.00000210. The number of nitrogens with one attached hydrogen (secondary N) is 1. The Hall–Kier alpha value is -2.03. The molecule has 0 spiro atoms. The molecular formula is C20H23FIN3O2. The van der Waals surface area contributed by atoms with Gasteiger partial charge < -0.3 is 20.5 Å². The van der Waals surface area contributed by atoms with E-state index >= 15 is 0 Å². The molecule has 2 aromatic rings. The summed E-state index contributed by atoms with van der Waals surface area (Å²) in [7, 11) is 0. The first-order valence-corrected chi connectivity index (χ1v) is 8.94. The van der Waals surface area contributed by atoms with Crippen molar-refractivity contribution in [3.63, 3.8) is 0 Å². The number of rotatable bonds is 4. The lowest BCUT2D eigenvalue weighted by atomic mass is 10.1. The van der Waals surface area contributed by atoms with Gasteiger partial charge in [-0.3, -0.25) is 0 Å². The van der Waals surface area contributed by atoms with Crippen LogP contribution in [-0.4, -0.2) is 19.2 Å². The molecule has 0 unspecified atom stereocenters. The minimum absolute atomic E-state index is 0. The first-order chi connectivity index (χ1) is 12.7. The van der Waals surface area contributed by atoms with Gasteiger partial charge in [-0.05, 0) is 42.5 Å². The molecule has 0 radical (unpaired) electrons. The predicted octanol–water partition coefficient (Wildman–Crippen LogP) is 4.41. The summed E-state index contributed by atoms with van der Waals surface area (Å²) in [6, 6.07) is 10.9. The van der Waals surface area contributed by atoms with E-state index in [-0.39, 0.29) is 42.3 Å². The fourth-order valence-corrected chi connectivity index (χ4v) is 2.96. The molecule has 5 nitrogen and oxygen atoms in total. The Labute approximate surface area is 175 Å². The van der Waals surface area contributed by atoms with E-state index in [4.69, 9.17) is 15.2 Å². The molecule has 0 amide bonds. The van der Waals surface area contributed by atoms with Crippen LogP contribution in [0.25, 0.3) is 0 Å². The summed E-state index contributed by atoms with van der Waals surface area (Å²) in [6.07, 6.45) is 3.17. The van der Waals surface area contributed by atoms with Crippen molar-refractivity contribution in [2.75, 3.05) is 18.5 Å². The number of benzene rings is 2. The Bertz CT molecular complexity index is 840. The van der Waals surface area contributed by atoms with Crippen LogP contribution in [-0.2, 0) is 6.54 Å². The molecule has 0 saturated heterocycles. The summed E-state index contributed by atoms with van der Waals surface area (Å²) >= 11 is 0. The highest BCUT2D eigenvalue weighted by Gasteiger charge is 2.24. The lowest BCUT2D eigenvalue weighted by Crippen LogP contribution is -2.22. The molecule has 1 heterocycles. The van der Waals surface area contributed by atoms with Crippen molar-refractivity contribution >= 4 is 35.6 Å². The lowest BCUT2D eigenvalue weighted by molar-refractivity contribution is 0.297.